The normalized spacial score (nSPS) is 11.1. The second kappa shape index (κ2) is 34.9. The van der Waals surface area contributed by atoms with Crippen LogP contribution < -0.4 is 31.8 Å². The van der Waals surface area contributed by atoms with E-state index in [-0.39, 0.29) is 39.0 Å². The van der Waals surface area contributed by atoms with Gasteiger partial charge in [0, 0.05) is 9.13 Å². The molecular formula is C66H50F6O12P4Ru2S2+2. The molecule has 0 aromatic heterocycles. The van der Waals surface area contributed by atoms with E-state index in [0.29, 0.717) is 0 Å². The van der Waals surface area contributed by atoms with E-state index < -0.39 is 63.6 Å². The summed E-state index contributed by atoms with van der Waals surface area (Å²) in [4.78, 5) is 28.5. The van der Waals surface area contributed by atoms with Gasteiger partial charge in [0.2, 0.25) is 0 Å². The van der Waals surface area contributed by atoms with Crippen LogP contribution in [0.2, 0.25) is 0 Å². The summed E-state index contributed by atoms with van der Waals surface area (Å²) in [5, 5.41) is 18.6. The molecule has 0 bridgehead atoms. The van der Waals surface area contributed by atoms with E-state index in [2.05, 4.69) is 279 Å². The first kappa shape index (κ1) is 75.9. The topological polar surface area (TPSA) is 229 Å². The number of fused-ring (bicyclic) bond motifs is 4. The molecule has 92 heavy (non-hydrogen) atoms. The van der Waals surface area contributed by atoms with E-state index in [1.807, 2.05) is 0 Å². The summed E-state index contributed by atoms with van der Waals surface area (Å²) in [6.07, 6.45) is 0. The molecule has 0 unspecified atom stereocenters. The van der Waals surface area contributed by atoms with Crippen molar-refractivity contribution >= 4 is 128 Å². The van der Waals surface area contributed by atoms with E-state index in [4.69, 9.17) is 54.6 Å². The fourth-order valence-electron chi connectivity index (χ4n) is 9.51. The van der Waals surface area contributed by atoms with Crippen LogP contribution in [0.25, 0.3) is 65.3 Å². The molecule has 12 aromatic rings. The minimum absolute atomic E-state index is 0. The third kappa shape index (κ3) is 20.6. The molecular weight excluding hydrogens is 1490 g/mol. The first-order valence-electron chi connectivity index (χ1n) is 26.3. The zero-order chi connectivity index (χ0) is 65.2. The van der Waals surface area contributed by atoms with E-state index in [0.717, 1.165) is 0 Å². The molecule has 12 nitrogen and oxygen atoms in total. The summed E-state index contributed by atoms with van der Waals surface area (Å²) in [5.41, 5.74) is -5.98. The molecule has 0 aliphatic carbocycles. The van der Waals surface area contributed by atoms with E-state index in [9.17, 15) is 26.3 Å². The summed E-state index contributed by atoms with van der Waals surface area (Å²) in [6, 6.07) is 102. The minimum atomic E-state index is -6.09. The van der Waals surface area contributed by atoms with E-state index in [1.54, 1.807) is 0 Å². The van der Waals surface area contributed by atoms with Crippen LogP contribution in [0.1, 0.15) is 0 Å². The van der Waals surface area contributed by atoms with Crippen LogP contribution in [-0.2, 0) is 68.3 Å². The molecule has 26 heteroatoms. The van der Waals surface area contributed by atoms with Crippen molar-refractivity contribution in [2.45, 2.75) is 11.0 Å². The quantitative estimate of drug-likeness (QED) is 0.0366. The fourth-order valence-corrected chi connectivity index (χ4v) is 14.5. The molecule has 0 aliphatic rings. The second-order valence-electron chi connectivity index (χ2n) is 18.7. The van der Waals surface area contributed by atoms with Crippen LogP contribution in [0.15, 0.2) is 279 Å². The van der Waals surface area contributed by atoms with Gasteiger partial charge in [-0.3, -0.25) is 0 Å². The summed E-state index contributed by atoms with van der Waals surface area (Å²) < 4.78 is 135. The van der Waals surface area contributed by atoms with Crippen LogP contribution in [0, 0.1) is 0 Å². The zero-order valence-electron chi connectivity index (χ0n) is 47.2. The summed E-state index contributed by atoms with van der Waals surface area (Å²) in [7, 11) is -19.4. The van der Waals surface area contributed by atoms with Crippen LogP contribution in [0.4, 0.5) is 26.3 Å². The molecule has 0 saturated carbocycles. The van der Waals surface area contributed by atoms with Gasteiger partial charge in [0.1, 0.15) is 0 Å². The predicted molar refractivity (Wildman–Crippen MR) is 347 cm³/mol. The van der Waals surface area contributed by atoms with E-state index >= 15 is 0 Å². The Hall–Kier alpha value is -6.77. The smallest absolute Gasteiger partial charge is 0.741 e. The Morgan fingerprint density at radius 3 is 0.739 bits per heavy atom. The van der Waals surface area contributed by atoms with Gasteiger partial charge in [0.05, 0.1) is 0 Å². The Labute approximate surface area is 555 Å². The maximum atomic E-state index is 10.7. The van der Waals surface area contributed by atoms with Crippen molar-refractivity contribution in [3.63, 3.8) is 0 Å². The Morgan fingerprint density at radius 1 is 0.304 bits per heavy atom. The summed E-state index contributed by atoms with van der Waals surface area (Å²) >= 11 is 0. The second-order valence-corrected chi connectivity index (χ2v) is 26.9. The van der Waals surface area contributed by atoms with Crippen molar-refractivity contribution in [1.82, 2.24) is 0 Å². The van der Waals surface area contributed by atoms with Crippen LogP contribution >= 0.6 is 32.4 Å². The third-order valence-electron chi connectivity index (χ3n) is 13.0. The molecule has 0 spiro atoms. The molecule has 0 saturated heterocycles. The summed E-state index contributed by atoms with van der Waals surface area (Å²) in [5.74, 6) is 0. The monoisotopic (exact) mass is 1540 g/mol. The SMILES string of the molecule is O=S(=O)([O-])C(F)(F)F.O=S(=O)([O-])C(F)(F)F.O=[P+](O)O.O=[P+](O)O.[Ru+].[Ru+].c1ccc(P(c2ccccc2)c2ccc3ccccc3c2-c2cccc3ccccc23)cc1.c1ccc(P(c2ccccc2)c2ccc3ccccc3c2-c2cccc3ccccc23)cc1. The van der Waals surface area contributed by atoms with Gasteiger partial charge >= 0.3 is 66.5 Å². The molecule has 0 fully saturated rings. The molecule has 0 heterocycles. The Morgan fingerprint density at radius 2 is 0.500 bits per heavy atom. The number of benzene rings is 12. The summed E-state index contributed by atoms with van der Waals surface area (Å²) in [6.45, 7) is 0. The van der Waals surface area contributed by atoms with Gasteiger partial charge in [0.15, 0.2) is 20.2 Å². The van der Waals surface area contributed by atoms with E-state index in [1.165, 1.54) is 97.2 Å². The average Bonchev–Trinajstić information content (AvgIpc) is 0.760. The van der Waals surface area contributed by atoms with Gasteiger partial charge in [-0.15, -0.1) is 19.6 Å². The first-order valence-corrected chi connectivity index (χ1v) is 34.1. The van der Waals surface area contributed by atoms with Crippen molar-refractivity contribution in [3.05, 3.63) is 279 Å². The molecule has 12 rings (SSSR count). The average molecular weight is 1540 g/mol. The molecule has 4 N–H and O–H groups in total. The van der Waals surface area contributed by atoms with Gasteiger partial charge in [-0.1, -0.05) is 279 Å². The molecule has 0 amide bonds. The van der Waals surface area contributed by atoms with Crippen molar-refractivity contribution < 1.29 is 120 Å². The molecule has 0 aliphatic heterocycles. The van der Waals surface area contributed by atoms with Gasteiger partial charge in [0.25, 0.3) is 0 Å². The molecule has 474 valence electrons. The van der Waals surface area contributed by atoms with Gasteiger partial charge < -0.3 is 9.11 Å². The predicted octanol–water partition coefficient (Wildman–Crippen LogP) is 14.2. The maximum absolute atomic E-state index is 10.7. The Balaban J connectivity index is 0.000000244. The molecule has 2 radical (unpaired) electrons. The number of hydrogen-bond donors (Lipinski definition) is 4. The van der Waals surface area contributed by atoms with Crippen LogP contribution in [0.5, 0.6) is 0 Å². The van der Waals surface area contributed by atoms with Crippen molar-refractivity contribution in [3.8, 4) is 22.3 Å². The Bertz CT molecular complexity index is 4260. The minimum Gasteiger partial charge on any atom is -0.741 e. The third-order valence-corrected chi connectivity index (χ3v) is 19.1. The number of halogens is 6. The van der Waals surface area contributed by atoms with Crippen molar-refractivity contribution in [1.29, 1.82) is 0 Å². The van der Waals surface area contributed by atoms with Gasteiger partial charge in [-0.05, 0) is 113 Å². The van der Waals surface area contributed by atoms with Gasteiger partial charge in [-0.2, -0.15) is 26.3 Å². The number of alkyl halides is 6. The number of hydrogen-bond acceptors (Lipinski definition) is 8. The zero-order valence-corrected chi connectivity index (χ0v) is 55.9. The first-order chi connectivity index (χ1) is 42.8. The fraction of sp³-hybridized carbons (Fsp3) is 0.0303. The molecule has 12 aromatic carbocycles. The van der Waals surface area contributed by atoms with Gasteiger partial charge in [-0.25, -0.2) is 16.8 Å². The maximum Gasteiger partial charge on any atom is 1.00 e. The molecule has 0 atom stereocenters. The van der Waals surface area contributed by atoms with Crippen LogP contribution in [0.3, 0.4) is 0 Å². The standard InChI is InChI=1S/2C32H23P.2CHF3O3S.2HO3P.2Ru/c2*1-3-15-26(16-4-1)33(27-17-5-2-6-18-27)31-23-22-25-13-8-10-20-29(25)32(31)30-21-11-14-24-12-7-9-19-28(24)30;2*2-1(3,4)8(5,6)7;2*1-4(2)3;;/h2*1-23H;2*(H,5,6,7);2*(H-,1,2,3);;/q;;;;;;2*+1. The van der Waals surface area contributed by atoms with Crippen LogP contribution in [-0.4, -0.2) is 56.5 Å². The Kier molecular flexibility index (Phi) is 28.8. The number of rotatable bonds is 8. The largest absolute Gasteiger partial charge is 1.00 e. The van der Waals surface area contributed by atoms with Crippen molar-refractivity contribution in [2.24, 2.45) is 0 Å². The van der Waals surface area contributed by atoms with Crippen molar-refractivity contribution in [2.75, 3.05) is 0 Å².